The van der Waals surface area contributed by atoms with E-state index >= 15 is 0 Å². The molecule has 1 fully saturated rings. The van der Waals surface area contributed by atoms with Crippen molar-refractivity contribution >= 4 is 69.4 Å². The number of hydrogen-bond acceptors (Lipinski definition) is 6. The smallest absolute Gasteiger partial charge is 0.324 e. The molecule has 4 aromatic rings. The zero-order chi connectivity index (χ0) is 29.6. The number of benzene rings is 4. The van der Waals surface area contributed by atoms with Crippen LogP contribution in [0.2, 0.25) is 10.0 Å². The van der Waals surface area contributed by atoms with E-state index in [0.29, 0.717) is 74.4 Å². The van der Waals surface area contributed by atoms with Gasteiger partial charge >= 0.3 is 5.97 Å². The minimum absolute atomic E-state index is 0.0880. The Balaban J connectivity index is 1.40. The average molecular weight is 625 g/mol. The van der Waals surface area contributed by atoms with Crippen LogP contribution in [0.25, 0.3) is 10.8 Å². The Morgan fingerprint density at radius 3 is 2.29 bits per heavy atom. The number of halogens is 2. The maximum absolute atomic E-state index is 13.5. The van der Waals surface area contributed by atoms with Crippen molar-refractivity contribution in [3.8, 4) is 0 Å². The van der Waals surface area contributed by atoms with E-state index in [2.05, 4.69) is 5.32 Å². The second kappa shape index (κ2) is 13.5. The number of morpholine rings is 1. The van der Waals surface area contributed by atoms with Crippen LogP contribution in [0.1, 0.15) is 26.3 Å². The number of ether oxygens (including phenoxy) is 1. The van der Waals surface area contributed by atoms with E-state index in [0.717, 1.165) is 0 Å². The van der Waals surface area contributed by atoms with Gasteiger partial charge in [-0.1, -0.05) is 65.7 Å². The van der Waals surface area contributed by atoms with Gasteiger partial charge in [-0.2, -0.15) is 0 Å². The van der Waals surface area contributed by atoms with Crippen molar-refractivity contribution in [2.45, 2.75) is 11.4 Å². The van der Waals surface area contributed by atoms with Gasteiger partial charge in [-0.25, -0.2) is 0 Å². The van der Waals surface area contributed by atoms with E-state index in [1.807, 2.05) is 30.3 Å². The molecule has 0 aromatic heterocycles. The van der Waals surface area contributed by atoms with Crippen LogP contribution in [0, 0.1) is 0 Å². The van der Waals surface area contributed by atoms with Crippen molar-refractivity contribution in [1.82, 2.24) is 10.2 Å². The monoisotopic (exact) mass is 623 g/mol. The number of carbonyl (C=O) groups is 3. The van der Waals surface area contributed by atoms with Gasteiger partial charge in [-0.3, -0.25) is 14.4 Å². The van der Waals surface area contributed by atoms with Crippen molar-refractivity contribution in [3.63, 3.8) is 0 Å². The quantitative estimate of drug-likeness (QED) is 0.216. The molecular weight excluding hydrogens is 597 g/mol. The summed E-state index contributed by atoms with van der Waals surface area (Å²) in [6, 6.07) is 23.0. The molecule has 8 nitrogen and oxygen atoms in total. The van der Waals surface area contributed by atoms with Crippen molar-refractivity contribution in [2.75, 3.05) is 37.2 Å². The highest BCUT2D eigenvalue weighted by atomic mass is 35.5. The number of carboxylic acid groups (broad SMARTS) is 1. The predicted octanol–water partition coefficient (Wildman–Crippen LogP) is 6.15. The van der Waals surface area contributed by atoms with Gasteiger partial charge in [0.05, 0.1) is 18.9 Å². The first-order chi connectivity index (χ1) is 20.3. The third kappa shape index (κ3) is 6.99. The highest BCUT2D eigenvalue weighted by molar-refractivity contribution is 8.00. The molecule has 1 heterocycles. The molecule has 4 aromatic carbocycles. The largest absolute Gasteiger partial charge is 0.480 e. The lowest BCUT2D eigenvalue weighted by Crippen LogP contribution is -2.41. The third-order valence-corrected chi connectivity index (χ3v) is 8.16. The molecule has 0 unspecified atom stereocenters. The Morgan fingerprint density at radius 1 is 0.881 bits per heavy atom. The SMILES string of the molecule is O=C(O)CN(Sc1cc(Cl)cc(Cl)c1)c1cccc2c(C(=O)NCc3ccccc3C(=O)N3CCOCC3)cccc12. The molecule has 2 amide bonds. The summed E-state index contributed by atoms with van der Waals surface area (Å²) in [6.45, 7) is 1.92. The van der Waals surface area contributed by atoms with Crippen molar-refractivity contribution in [2.24, 2.45) is 0 Å². The van der Waals surface area contributed by atoms with Crippen molar-refractivity contribution < 1.29 is 24.2 Å². The third-order valence-electron chi connectivity index (χ3n) is 6.73. The molecule has 0 atom stereocenters. The van der Waals surface area contributed by atoms with Crippen molar-refractivity contribution in [1.29, 1.82) is 0 Å². The average Bonchev–Trinajstić information content (AvgIpc) is 2.98. The number of amides is 2. The second-order valence-corrected chi connectivity index (χ2v) is 11.5. The number of aliphatic carboxylic acids is 1. The van der Waals surface area contributed by atoms with Gasteiger partial charge in [0.1, 0.15) is 6.54 Å². The van der Waals surface area contributed by atoms with Gasteiger partial charge in [0, 0.05) is 51.1 Å². The maximum Gasteiger partial charge on any atom is 0.324 e. The Hall–Kier alpha value is -3.76. The van der Waals surface area contributed by atoms with Gasteiger partial charge in [0.15, 0.2) is 0 Å². The first-order valence-electron chi connectivity index (χ1n) is 13.2. The van der Waals surface area contributed by atoms with E-state index in [-0.39, 0.29) is 24.9 Å². The second-order valence-electron chi connectivity index (χ2n) is 9.55. The fraction of sp³-hybridized carbons (Fsp3) is 0.194. The summed E-state index contributed by atoms with van der Waals surface area (Å²) in [5, 5.41) is 14.9. The Bertz CT molecular complexity index is 1620. The molecule has 0 radical (unpaired) electrons. The van der Waals surface area contributed by atoms with Crippen LogP contribution in [0.3, 0.4) is 0 Å². The van der Waals surface area contributed by atoms with E-state index in [1.165, 1.54) is 11.9 Å². The zero-order valence-electron chi connectivity index (χ0n) is 22.4. The Labute approximate surface area is 257 Å². The summed E-state index contributed by atoms with van der Waals surface area (Å²) in [4.78, 5) is 40.9. The molecular formula is C31H27Cl2N3O5S. The number of carboxylic acids is 1. The first kappa shape index (κ1) is 29.7. The van der Waals surface area contributed by atoms with Crippen LogP contribution in [0.4, 0.5) is 5.69 Å². The minimum atomic E-state index is -1.02. The molecule has 5 rings (SSSR count). The van der Waals surface area contributed by atoms with Crippen LogP contribution >= 0.6 is 35.1 Å². The molecule has 11 heteroatoms. The summed E-state index contributed by atoms with van der Waals surface area (Å²) in [7, 11) is 0. The van der Waals surface area contributed by atoms with E-state index in [4.69, 9.17) is 27.9 Å². The van der Waals surface area contributed by atoms with E-state index in [1.54, 1.807) is 57.7 Å². The Morgan fingerprint density at radius 2 is 1.55 bits per heavy atom. The van der Waals surface area contributed by atoms with E-state index in [9.17, 15) is 19.5 Å². The standard InChI is InChI=1S/C31H27Cl2N3O5S/c32-21-15-22(33)17-23(16-21)42-36(19-29(37)38)28-10-4-7-25-26(28)8-3-9-27(25)30(39)34-18-20-5-1-2-6-24(20)31(40)35-11-13-41-14-12-35/h1-10,15-17H,11-14,18-19H2,(H,34,39)(H,37,38). The molecule has 216 valence electrons. The van der Waals surface area contributed by atoms with Gasteiger partial charge in [-0.15, -0.1) is 0 Å². The predicted molar refractivity (Wildman–Crippen MR) is 166 cm³/mol. The van der Waals surface area contributed by atoms with Crippen LogP contribution < -0.4 is 9.62 Å². The summed E-state index contributed by atoms with van der Waals surface area (Å²) >= 11 is 13.5. The highest BCUT2D eigenvalue weighted by Crippen LogP contribution is 2.37. The number of nitrogens with zero attached hydrogens (tertiary/aromatic N) is 2. The number of anilines is 1. The van der Waals surface area contributed by atoms with E-state index < -0.39 is 5.97 Å². The molecule has 42 heavy (non-hydrogen) atoms. The van der Waals surface area contributed by atoms with Crippen LogP contribution in [-0.2, 0) is 16.1 Å². The highest BCUT2D eigenvalue weighted by Gasteiger charge is 2.22. The molecule has 1 aliphatic rings. The lowest BCUT2D eigenvalue weighted by molar-refractivity contribution is -0.135. The molecule has 2 N–H and O–H groups in total. The fourth-order valence-corrected chi connectivity index (χ4v) is 6.50. The summed E-state index contributed by atoms with van der Waals surface area (Å²) < 4.78 is 6.99. The number of carbonyl (C=O) groups excluding carboxylic acids is 2. The normalized spacial score (nSPS) is 13.1. The van der Waals surface area contributed by atoms with Gasteiger partial charge in [0.25, 0.3) is 11.8 Å². The summed E-state index contributed by atoms with van der Waals surface area (Å²) in [6.07, 6.45) is 0. The molecule has 0 saturated carbocycles. The van der Waals surface area contributed by atoms with Gasteiger partial charge < -0.3 is 24.4 Å². The number of hydrogen-bond donors (Lipinski definition) is 2. The maximum atomic E-state index is 13.5. The van der Waals surface area contributed by atoms with Crippen LogP contribution in [0.15, 0.2) is 83.8 Å². The summed E-state index contributed by atoms with van der Waals surface area (Å²) in [5.74, 6) is -1.42. The molecule has 0 spiro atoms. The molecule has 0 aliphatic carbocycles. The molecule has 1 saturated heterocycles. The fourth-order valence-electron chi connectivity index (χ4n) is 4.80. The molecule has 0 bridgehead atoms. The van der Waals surface area contributed by atoms with Crippen LogP contribution in [0.5, 0.6) is 0 Å². The zero-order valence-corrected chi connectivity index (χ0v) is 24.7. The number of fused-ring (bicyclic) bond motifs is 1. The number of rotatable bonds is 9. The van der Waals surface area contributed by atoms with Gasteiger partial charge in [-0.05, 0) is 59.3 Å². The Kier molecular flexibility index (Phi) is 9.54. The minimum Gasteiger partial charge on any atom is -0.480 e. The topological polar surface area (TPSA) is 99.2 Å². The first-order valence-corrected chi connectivity index (χ1v) is 14.7. The summed E-state index contributed by atoms with van der Waals surface area (Å²) in [5.41, 5.74) is 2.30. The number of nitrogens with one attached hydrogen (secondary N) is 1. The lowest BCUT2D eigenvalue weighted by atomic mass is 10.0. The van der Waals surface area contributed by atoms with Gasteiger partial charge in [0.2, 0.25) is 0 Å². The lowest BCUT2D eigenvalue weighted by Gasteiger charge is -2.27. The van der Waals surface area contributed by atoms with Crippen molar-refractivity contribution in [3.05, 3.63) is 106 Å². The van der Waals surface area contributed by atoms with Crippen LogP contribution in [-0.4, -0.2) is 60.6 Å². The molecule has 1 aliphatic heterocycles.